The van der Waals surface area contributed by atoms with Crippen LogP contribution in [0.1, 0.15) is 18.1 Å². The number of hydrogen-bond acceptors (Lipinski definition) is 5. The van der Waals surface area contributed by atoms with Gasteiger partial charge in [0.1, 0.15) is 0 Å². The number of fused-ring (bicyclic) bond motifs is 1. The summed E-state index contributed by atoms with van der Waals surface area (Å²) in [6, 6.07) is 20.2. The van der Waals surface area contributed by atoms with Gasteiger partial charge in [0.05, 0.1) is 5.25 Å². The highest BCUT2D eigenvalue weighted by Gasteiger charge is 2.30. The molecular formula is C25H23N5OS. The maximum Gasteiger partial charge on any atom is 0.240 e. The van der Waals surface area contributed by atoms with Crippen LogP contribution >= 0.6 is 11.8 Å². The van der Waals surface area contributed by atoms with E-state index in [9.17, 15) is 4.79 Å². The number of pyridine rings is 1. The highest BCUT2D eigenvalue weighted by Crippen LogP contribution is 2.33. The molecule has 4 aromatic rings. The zero-order valence-corrected chi connectivity index (χ0v) is 18.8. The molecule has 32 heavy (non-hydrogen) atoms. The van der Waals surface area contributed by atoms with Gasteiger partial charge in [-0.1, -0.05) is 47.7 Å². The Bertz CT molecular complexity index is 1250. The van der Waals surface area contributed by atoms with Gasteiger partial charge in [0, 0.05) is 35.9 Å². The summed E-state index contributed by atoms with van der Waals surface area (Å²) in [6.45, 7) is 4.72. The third kappa shape index (κ3) is 3.80. The van der Waals surface area contributed by atoms with E-state index in [2.05, 4.69) is 52.4 Å². The van der Waals surface area contributed by atoms with E-state index in [1.54, 1.807) is 12.4 Å². The summed E-state index contributed by atoms with van der Waals surface area (Å²) in [5.41, 5.74) is 5.30. The van der Waals surface area contributed by atoms with Crippen LogP contribution < -0.4 is 4.90 Å². The van der Waals surface area contributed by atoms with Crippen molar-refractivity contribution in [2.45, 2.75) is 30.7 Å². The molecule has 5 rings (SSSR count). The van der Waals surface area contributed by atoms with E-state index in [0.29, 0.717) is 5.16 Å². The maximum atomic E-state index is 13.3. The molecule has 0 bridgehead atoms. The summed E-state index contributed by atoms with van der Waals surface area (Å²) < 4.78 is 2.02. The Morgan fingerprint density at radius 3 is 2.53 bits per heavy atom. The number of amides is 1. The smallest absolute Gasteiger partial charge is 0.240 e. The minimum Gasteiger partial charge on any atom is -0.311 e. The molecule has 0 saturated heterocycles. The van der Waals surface area contributed by atoms with Crippen LogP contribution in [0.4, 0.5) is 5.69 Å². The lowest BCUT2D eigenvalue weighted by molar-refractivity contribution is -0.117. The van der Waals surface area contributed by atoms with Crippen LogP contribution in [-0.4, -0.2) is 37.5 Å². The lowest BCUT2D eigenvalue weighted by atomic mass is 10.2. The van der Waals surface area contributed by atoms with E-state index in [1.165, 1.54) is 22.9 Å². The molecule has 0 spiro atoms. The SMILES string of the molecule is Cc1ccc(-n2c(SC(C)C(=O)N3CCc4ccccc43)nnc2-c2ccncc2)cc1. The van der Waals surface area contributed by atoms with Crippen molar-refractivity contribution in [3.8, 4) is 17.1 Å². The van der Waals surface area contributed by atoms with Crippen molar-refractivity contribution in [3.63, 3.8) is 0 Å². The van der Waals surface area contributed by atoms with Crippen molar-refractivity contribution in [1.29, 1.82) is 0 Å². The quantitative estimate of drug-likeness (QED) is 0.420. The Labute approximate surface area is 191 Å². The Morgan fingerprint density at radius 2 is 1.75 bits per heavy atom. The van der Waals surface area contributed by atoms with Crippen molar-refractivity contribution in [1.82, 2.24) is 19.7 Å². The van der Waals surface area contributed by atoms with Crippen LogP contribution in [0.3, 0.4) is 0 Å². The normalized spacial score (nSPS) is 13.8. The number of carbonyl (C=O) groups excluding carboxylic acids is 1. The molecule has 1 unspecified atom stereocenters. The van der Waals surface area contributed by atoms with Gasteiger partial charge in [-0.15, -0.1) is 10.2 Å². The van der Waals surface area contributed by atoms with E-state index in [1.807, 2.05) is 46.7 Å². The second kappa shape index (κ2) is 8.59. The van der Waals surface area contributed by atoms with Gasteiger partial charge in [-0.05, 0) is 56.2 Å². The Morgan fingerprint density at radius 1 is 1.00 bits per heavy atom. The first-order valence-electron chi connectivity index (χ1n) is 10.6. The van der Waals surface area contributed by atoms with Crippen LogP contribution in [-0.2, 0) is 11.2 Å². The van der Waals surface area contributed by atoms with Crippen LogP contribution in [0.15, 0.2) is 78.2 Å². The molecule has 160 valence electrons. The van der Waals surface area contributed by atoms with Crippen molar-refractivity contribution in [2.24, 2.45) is 0 Å². The van der Waals surface area contributed by atoms with Gasteiger partial charge < -0.3 is 4.90 Å². The fraction of sp³-hybridized carbons (Fsp3) is 0.200. The van der Waals surface area contributed by atoms with E-state index in [0.717, 1.165) is 35.7 Å². The molecule has 2 aromatic heterocycles. The summed E-state index contributed by atoms with van der Waals surface area (Å²) >= 11 is 1.44. The van der Waals surface area contributed by atoms with E-state index in [-0.39, 0.29) is 11.2 Å². The summed E-state index contributed by atoms with van der Waals surface area (Å²) in [5.74, 6) is 0.814. The predicted octanol–water partition coefficient (Wildman–Crippen LogP) is 4.71. The van der Waals surface area contributed by atoms with Gasteiger partial charge in [0.15, 0.2) is 11.0 Å². The number of benzene rings is 2. The molecule has 0 radical (unpaired) electrons. The van der Waals surface area contributed by atoms with Crippen LogP contribution in [0.25, 0.3) is 17.1 Å². The number of aryl methyl sites for hydroxylation is 1. The molecule has 1 amide bonds. The largest absolute Gasteiger partial charge is 0.311 e. The third-order valence-electron chi connectivity index (χ3n) is 5.65. The molecule has 3 heterocycles. The zero-order valence-electron chi connectivity index (χ0n) is 18.0. The average molecular weight is 442 g/mol. The first kappa shape index (κ1) is 20.5. The zero-order chi connectivity index (χ0) is 22.1. The standard InChI is InChI=1S/C25H23N5OS/c1-17-7-9-21(10-8-17)30-23(20-11-14-26-15-12-20)27-28-25(30)32-18(2)24(31)29-16-13-19-5-3-4-6-22(19)29/h3-12,14-15,18H,13,16H2,1-2H3. The molecular weight excluding hydrogens is 418 g/mol. The summed E-state index contributed by atoms with van der Waals surface area (Å²) in [4.78, 5) is 19.3. The van der Waals surface area contributed by atoms with Crippen molar-refractivity contribution in [3.05, 3.63) is 84.2 Å². The fourth-order valence-electron chi connectivity index (χ4n) is 3.96. The number of hydrogen-bond donors (Lipinski definition) is 0. The molecule has 0 N–H and O–H groups in total. The number of nitrogens with zero attached hydrogens (tertiary/aromatic N) is 5. The molecule has 1 atom stereocenters. The molecule has 1 aliphatic rings. The predicted molar refractivity (Wildman–Crippen MR) is 127 cm³/mol. The van der Waals surface area contributed by atoms with Crippen molar-refractivity contribution >= 4 is 23.4 Å². The van der Waals surface area contributed by atoms with Gasteiger partial charge in [-0.25, -0.2) is 0 Å². The van der Waals surface area contributed by atoms with Crippen LogP contribution in [0, 0.1) is 6.92 Å². The number of para-hydroxylation sites is 1. The third-order valence-corrected chi connectivity index (χ3v) is 6.68. The molecule has 0 aliphatic carbocycles. The van der Waals surface area contributed by atoms with Gasteiger partial charge in [0.2, 0.25) is 5.91 Å². The second-order valence-corrected chi connectivity index (χ2v) is 9.15. The first-order chi connectivity index (χ1) is 15.6. The number of aromatic nitrogens is 4. The number of rotatable bonds is 5. The highest BCUT2D eigenvalue weighted by atomic mass is 32.2. The average Bonchev–Trinajstić information content (AvgIpc) is 3.44. The minimum absolute atomic E-state index is 0.0869. The second-order valence-electron chi connectivity index (χ2n) is 7.84. The molecule has 0 fully saturated rings. The fourth-order valence-corrected chi connectivity index (χ4v) is 4.89. The Kier molecular flexibility index (Phi) is 5.49. The molecule has 0 saturated carbocycles. The highest BCUT2D eigenvalue weighted by molar-refractivity contribution is 8.00. The number of carbonyl (C=O) groups is 1. The molecule has 6 nitrogen and oxygen atoms in total. The Hall–Kier alpha value is -3.45. The topological polar surface area (TPSA) is 63.9 Å². The van der Waals surface area contributed by atoms with Crippen molar-refractivity contribution in [2.75, 3.05) is 11.4 Å². The van der Waals surface area contributed by atoms with Crippen LogP contribution in [0.2, 0.25) is 0 Å². The minimum atomic E-state index is -0.306. The van der Waals surface area contributed by atoms with Crippen LogP contribution in [0.5, 0.6) is 0 Å². The molecule has 1 aliphatic heterocycles. The lowest BCUT2D eigenvalue weighted by Crippen LogP contribution is -2.35. The first-order valence-corrected chi connectivity index (χ1v) is 11.5. The van der Waals surface area contributed by atoms with E-state index in [4.69, 9.17) is 0 Å². The van der Waals surface area contributed by atoms with Gasteiger partial charge in [-0.3, -0.25) is 14.3 Å². The van der Waals surface area contributed by atoms with Gasteiger partial charge in [-0.2, -0.15) is 0 Å². The van der Waals surface area contributed by atoms with Crippen molar-refractivity contribution < 1.29 is 4.79 Å². The molecule has 7 heteroatoms. The monoisotopic (exact) mass is 441 g/mol. The summed E-state index contributed by atoms with van der Waals surface area (Å²) in [7, 11) is 0. The van der Waals surface area contributed by atoms with Gasteiger partial charge in [0.25, 0.3) is 0 Å². The van der Waals surface area contributed by atoms with E-state index >= 15 is 0 Å². The lowest BCUT2D eigenvalue weighted by Gasteiger charge is -2.21. The van der Waals surface area contributed by atoms with E-state index < -0.39 is 0 Å². The summed E-state index contributed by atoms with van der Waals surface area (Å²) in [6.07, 6.45) is 4.38. The number of anilines is 1. The van der Waals surface area contributed by atoms with Gasteiger partial charge >= 0.3 is 0 Å². The Balaban J connectivity index is 1.48. The maximum absolute atomic E-state index is 13.3. The molecule has 2 aromatic carbocycles. The summed E-state index contributed by atoms with van der Waals surface area (Å²) in [5, 5.41) is 9.32. The number of thioether (sulfide) groups is 1.